The van der Waals surface area contributed by atoms with Gasteiger partial charge in [-0.2, -0.15) is 0 Å². The van der Waals surface area contributed by atoms with Crippen LogP contribution in [-0.4, -0.2) is 41.4 Å². The monoisotopic (exact) mass is 352 g/mol. The van der Waals surface area contributed by atoms with Crippen LogP contribution in [0.25, 0.3) is 0 Å². The number of likely N-dealkylation sites (tertiary alicyclic amines) is 1. The van der Waals surface area contributed by atoms with Gasteiger partial charge in [0, 0.05) is 24.8 Å². The van der Waals surface area contributed by atoms with Crippen LogP contribution in [0.5, 0.6) is 5.75 Å². The van der Waals surface area contributed by atoms with Crippen molar-refractivity contribution in [2.45, 2.75) is 19.0 Å². The van der Waals surface area contributed by atoms with E-state index in [9.17, 15) is 9.59 Å². The minimum absolute atomic E-state index is 0.00742. The van der Waals surface area contributed by atoms with Crippen LogP contribution in [-0.2, 0) is 4.79 Å². The summed E-state index contributed by atoms with van der Waals surface area (Å²) in [6.07, 6.45) is 3.26. The van der Waals surface area contributed by atoms with Crippen molar-refractivity contribution in [2.75, 3.05) is 25.0 Å². The maximum atomic E-state index is 12.3. The molecular formula is C19H20N4O3. The van der Waals surface area contributed by atoms with E-state index in [4.69, 9.17) is 4.74 Å². The van der Waals surface area contributed by atoms with Crippen molar-refractivity contribution < 1.29 is 14.3 Å². The molecule has 4 rings (SSSR count). The van der Waals surface area contributed by atoms with E-state index in [1.54, 1.807) is 24.4 Å². The van der Waals surface area contributed by atoms with E-state index in [0.717, 1.165) is 31.5 Å². The lowest BCUT2D eigenvalue weighted by Crippen LogP contribution is -2.39. The zero-order valence-electron chi connectivity index (χ0n) is 14.3. The number of fused-ring (bicyclic) bond motifs is 1. The molecule has 0 saturated carbocycles. The van der Waals surface area contributed by atoms with Gasteiger partial charge in [0.2, 0.25) is 0 Å². The number of rotatable bonds is 4. The molecule has 2 aliphatic heterocycles. The Morgan fingerprint density at radius 2 is 1.96 bits per heavy atom. The number of pyridine rings is 1. The minimum Gasteiger partial charge on any atom is -0.483 e. The molecule has 7 nitrogen and oxygen atoms in total. The number of ether oxygens (including phenoxy) is 1. The van der Waals surface area contributed by atoms with Gasteiger partial charge >= 0.3 is 0 Å². The maximum absolute atomic E-state index is 12.3. The molecule has 134 valence electrons. The summed E-state index contributed by atoms with van der Waals surface area (Å²) in [5.74, 6) is 0.895. The zero-order chi connectivity index (χ0) is 17.9. The average Bonchev–Trinajstić information content (AvgIpc) is 3.21. The first-order valence-electron chi connectivity index (χ1n) is 8.74. The number of nitrogens with zero attached hydrogens (tertiary/aromatic N) is 2. The summed E-state index contributed by atoms with van der Waals surface area (Å²) in [7, 11) is 0. The van der Waals surface area contributed by atoms with Crippen LogP contribution in [0, 0.1) is 0 Å². The fraction of sp³-hybridized carbons (Fsp3) is 0.316. The van der Waals surface area contributed by atoms with Gasteiger partial charge in [0.15, 0.2) is 6.61 Å². The number of hydrogen-bond donors (Lipinski definition) is 2. The van der Waals surface area contributed by atoms with Crippen LogP contribution < -0.4 is 15.4 Å². The van der Waals surface area contributed by atoms with Gasteiger partial charge in [-0.15, -0.1) is 0 Å². The molecule has 0 unspecified atom stereocenters. The first kappa shape index (κ1) is 16.4. The molecule has 0 bridgehead atoms. The number of para-hydroxylation sites is 1. The molecule has 0 radical (unpaired) electrons. The number of anilines is 1. The highest BCUT2D eigenvalue weighted by molar-refractivity contribution is 6.00. The first-order chi connectivity index (χ1) is 12.7. The molecule has 1 aromatic carbocycles. The smallest absolute Gasteiger partial charge is 0.260 e. The fourth-order valence-corrected chi connectivity index (χ4v) is 3.29. The molecule has 2 amide bonds. The highest BCUT2D eigenvalue weighted by Crippen LogP contribution is 2.30. The molecule has 26 heavy (non-hydrogen) atoms. The lowest BCUT2D eigenvalue weighted by molar-refractivity contribution is -0.132. The number of aromatic nitrogens is 1. The summed E-state index contributed by atoms with van der Waals surface area (Å²) in [5, 5.41) is 6.12. The van der Waals surface area contributed by atoms with E-state index >= 15 is 0 Å². The lowest BCUT2D eigenvalue weighted by Gasteiger charge is -2.28. The van der Waals surface area contributed by atoms with Gasteiger partial charge in [-0.05, 0) is 31.0 Å². The van der Waals surface area contributed by atoms with Crippen molar-refractivity contribution in [3.63, 3.8) is 0 Å². The van der Waals surface area contributed by atoms with Gasteiger partial charge < -0.3 is 20.3 Å². The van der Waals surface area contributed by atoms with Crippen molar-refractivity contribution in [1.82, 2.24) is 15.2 Å². The summed E-state index contributed by atoms with van der Waals surface area (Å²) in [6.45, 7) is 1.59. The molecule has 1 saturated heterocycles. The second kappa shape index (κ2) is 7.03. The molecule has 3 heterocycles. The summed E-state index contributed by atoms with van der Waals surface area (Å²) in [5.41, 5.74) is 1.26. The van der Waals surface area contributed by atoms with E-state index in [0.29, 0.717) is 17.1 Å². The SMILES string of the molecule is O=C1N[C@@H](c2ccccc2OCC(=O)N2CCCC2)Nc2ncccc21. The Kier molecular flexibility index (Phi) is 4.43. The normalized spacial score (nSPS) is 18.7. The number of carbonyl (C=O) groups excluding carboxylic acids is 2. The molecule has 1 fully saturated rings. The lowest BCUT2D eigenvalue weighted by atomic mass is 10.1. The Morgan fingerprint density at radius 1 is 1.15 bits per heavy atom. The minimum atomic E-state index is -0.469. The Bertz CT molecular complexity index is 833. The third-order valence-corrected chi connectivity index (χ3v) is 4.65. The largest absolute Gasteiger partial charge is 0.483 e. The van der Waals surface area contributed by atoms with Gasteiger partial charge in [-0.3, -0.25) is 9.59 Å². The zero-order valence-corrected chi connectivity index (χ0v) is 14.3. The van der Waals surface area contributed by atoms with E-state index in [1.807, 2.05) is 23.1 Å². The van der Waals surface area contributed by atoms with E-state index in [-0.39, 0.29) is 18.4 Å². The Balaban J connectivity index is 1.51. The average molecular weight is 352 g/mol. The molecule has 2 aliphatic rings. The predicted molar refractivity (Wildman–Crippen MR) is 95.8 cm³/mol. The third-order valence-electron chi connectivity index (χ3n) is 4.65. The van der Waals surface area contributed by atoms with Gasteiger partial charge in [-0.25, -0.2) is 4.98 Å². The highest BCUT2D eigenvalue weighted by Gasteiger charge is 2.27. The Labute approximate surface area is 151 Å². The summed E-state index contributed by atoms with van der Waals surface area (Å²) < 4.78 is 5.78. The molecule has 1 atom stereocenters. The summed E-state index contributed by atoms with van der Waals surface area (Å²) in [4.78, 5) is 30.6. The quantitative estimate of drug-likeness (QED) is 0.879. The Hall–Kier alpha value is -3.09. The fourth-order valence-electron chi connectivity index (χ4n) is 3.29. The van der Waals surface area contributed by atoms with Crippen molar-refractivity contribution in [3.8, 4) is 5.75 Å². The molecule has 2 aromatic rings. The van der Waals surface area contributed by atoms with Crippen LogP contribution in [0.15, 0.2) is 42.6 Å². The van der Waals surface area contributed by atoms with Crippen LogP contribution in [0.4, 0.5) is 5.82 Å². The van der Waals surface area contributed by atoms with Gasteiger partial charge in [-0.1, -0.05) is 18.2 Å². The van der Waals surface area contributed by atoms with E-state index < -0.39 is 6.17 Å². The third kappa shape index (κ3) is 3.20. The van der Waals surface area contributed by atoms with Crippen LogP contribution in [0.1, 0.15) is 34.9 Å². The number of benzene rings is 1. The van der Waals surface area contributed by atoms with Gasteiger partial charge in [0.05, 0.1) is 5.56 Å². The van der Waals surface area contributed by atoms with Crippen LogP contribution in [0.3, 0.4) is 0 Å². The predicted octanol–water partition coefficient (Wildman–Crippen LogP) is 1.94. The van der Waals surface area contributed by atoms with Crippen LogP contribution in [0.2, 0.25) is 0 Å². The van der Waals surface area contributed by atoms with Crippen molar-refractivity contribution in [1.29, 1.82) is 0 Å². The van der Waals surface area contributed by atoms with E-state index in [1.165, 1.54) is 0 Å². The van der Waals surface area contributed by atoms with Crippen molar-refractivity contribution in [3.05, 3.63) is 53.7 Å². The topological polar surface area (TPSA) is 83.6 Å². The molecule has 2 N–H and O–H groups in total. The number of hydrogen-bond acceptors (Lipinski definition) is 5. The van der Waals surface area contributed by atoms with Crippen molar-refractivity contribution >= 4 is 17.6 Å². The Morgan fingerprint density at radius 3 is 2.81 bits per heavy atom. The maximum Gasteiger partial charge on any atom is 0.260 e. The number of amides is 2. The highest BCUT2D eigenvalue weighted by atomic mass is 16.5. The molecular weight excluding hydrogens is 332 g/mol. The standard InChI is InChI=1S/C19H20N4O3/c24-16(23-10-3-4-11-23)12-26-15-8-2-1-6-13(15)18-21-17-14(19(25)22-18)7-5-9-20-17/h1-2,5-9,18H,3-4,10-12H2,(H,20,21)(H,22,25)/t18-/m0/s1. The van der Waals surface area contributed by atoms with E-state index in [2.05, 4.69) is 15.6 Å². The second-order valence-electron chi connectivity index (χ2n) is 6.36. The first-order valence-corrected chi connectivity index (χ1v) is 8.74. The molecule has 0 spiro atoms. The molecule has 7 heteroatoms. The van der Waals surface area contributed by atoms with Crippen LogP contribution >= 0.6 is 0 Å². The summed E-state index contributed by atoms with van der Waals surface area (Å²) in [6, 6.07) is 10.8. The van der Waals surface area contributed by atoms with Gasteiger partial charge in [0.1, 0.15) is 17.7 Å². The summed E-state index contributed by atoms with van der Waals surface area (Å²) >= 11 is 0. The number of carbonyl (C=O) groups is 2. The van der Waals surface area contributed by atoms with Gasteiger partial charge in [0.25, 0.3) is 11.8 Å². The molecule has 1 aromatic heterocycles. The second-order valence-corrected chi connectivity index (χ2v) is 6.36. The van der Waals surface area contributed by atoms with Crippen molar-refractivity contribution in [2.24, 2.45) is 0 Å². The molecule has 0 aliphatic carbocycles. The number of nitrogens with one attached hydrogen (secondary N) is 2.